The number of hydrogen-bond donors (Lipinski definition) is 2. The molecule has 0 aliphatic carbocycles. The van der Waals surface area contributed by atoms with E-state index in [1.807, 2.05) is 69.5 Å². The lowest BCUT2D eigenvalue weighted by molar-refractivity contribution is -0.432. The standard InChI is InChI=1S/C39H37N3O13S2/c1-38(2)16-21(18-56-55-54-48)24-12-27-31(14-29(24)40(38)5)52-32-15-30-25(22(19-57(49,50)51)17-39(3,4)41(30)6)13-28(32)35(27)23-8-7-20(11-26(23)36(45)46)37(47)53-42-33(43)9-10-34(42)44/h7-8,11-17H,9-10,18-19H2,1-6H3,(H2-,45,46,48,49,50,51). The molecule has 3 aromatic rings. The summed E-state index contributed by atoms with van der Waals surface area (Å²) in [6.07, 6.45) is 3.45. The molecular formula is C39H37N3O13S2. The number of amides is 2. The van der Waals surface area contributed by atoms with Gasteiger partial charge >= 0.3 is 11.9 Å². The normalized spacial score (nSPS) is 17.9. The second kappa shape index (κ2) is 14.2. The largest absolute Gasteiger partial charge is 0.748 e. The highest BCUT2D eigenvalue weighted by molar-refractivity contribution is 7.95. The van der Waals surface area contributed by atoms with E-state index in [9.17, 15) is 37.3 Å². The van der Waals surface area contributed by atoms with Crippen LogP contribution in [0.2, 0.25) is 0 Å². The van der Waals surface area contributed by atoms with Crippen molar-refractivity contribution in [1.82, 2.24) is 9.64 Å². The van der Waals surface area contributed by atoms with Gasteiger partial charge in [-0.05, 0) is 60.9 Å². The molecule has 4 aliphatic heterocycles. The number of likely N-dealkylation sites (N-methyl/N-ethyl adjacent to an activating group) is 2. The molecule has 4 aliphatic rings. The fraction of sp³-hybridized carbons (Fsp3) is 0.308. The number of nitrogens with zero attached hydrogens (tertiary/aromatic N) is 3. The number of ether oxygens (including phenoxy) is 1. The molecule has 2 amide bonds. The number of anilines is 1. The number of fused-ring (bicyclic) bond motifs is 4. The van der Waals surface area contributed by atoms with E-state index in [1.54, 1.807) is 18.2 Å². The highest BCUT2D eigenvalue weighted by Crippen LogP contribution is 2.47. The number of carboxylic acid groups (broad SMARTS) is 1. The van der Waals surface area contributed by atoms with Gasteiger partial charge in [0.2, 0.25) is 5.36 Å². The third-order valence-corrected chi connectivity index (χ3v) is 12.0. The molecule has 16 nitrogen and oxygen atoms in total. The van der Waals surface area contributed by atoms with Crippen LogP contribution in [0.4, 0.5) is 5.69 Å². The molecule has 0 atom stereocenters. The topological polar surface area (TPSA) is 212 Å². The molecule has 0 aromatic heterocycles. The van der Waals surface area contributed by atoms with E-state index in [2.05, 4.69) is 5.04 Å². The Morgan fingerprint density at radius 3 is 2.30 bits per heavy atom. The molecule has 0 spiro atoms. The van der Waals surface area contributed by atoms with Crippen LogP contribution in [0.15, 0.2) is 54.6 Å². The van der Waals surface area contributed by atoms with Crippen molar-refractivity contribution >= 4 is 68.3 Å². The van der Waals surface area contributed by atoms with Crippen molar-refractivity contribution in [3.63, 3.8) is 0 Å². The van der Waals surface area contributed by atoms with E-state index in [4.69, 9.17) is 19.2 Å². The van der Waals surface area contributed by atoms with Crippen LogP contribution in [0, 0.1) is 0 Å². The Hall–Kier alpha value is -5.37. The summed E-state index contributed by atoms with van der Waals surface area (Å²) in [6.45, 7) is 7.75. The van der Waals surface area contributed by atoms with Crippen LogP contribution in [-0.4, -0.2) is 88.8 Å². The molecule has 0 radical (unpaired) electrons. The second-order valence-corrected chi connectivity index (χ2v) is 17.2. The zero-order valence-electron chi connectivity index (χ0n) is 31.6. The van der Waals surface area contributed by atoms with E-state index in [-0.39, 0.29) is 40.9 Å². The Labute approximate surface area is 330 Å². The summed E-state index contributed by atoms with van der Waals surface area (Å²) < 4.78 is 49.9. The van der Waals surface area contributed by atoms with Crippen molar-refractivity contribution in [1.29, 1.82) is 0 Å². The third kappa shape index (κ3) is 7.24. The summed E-state index contributed by atoms with van der Waals surface area (Å²) in [4.78, 5) is 57.8. The number of benzene rings is 3. The van der Waals surface area contributed by atoms with E-state index in [0.29, 0.717) is 49.4 Å². The van der Waals surface area contributed by atoms with Crippen LogP contribution in [0.5, 0.6) is 11.5 Å². The summed E-state index contributed by atoms with van der Waals surface area (Å²) in [6, 6.07) is 10.8. The molecule has 18 heteroatoms. The Kier molecular flexibility index (Phi) is 9.95. The Balaban J connectivity index is 1.52. The first kappa shape index (κ1) is 39.8. The first-order chi connectivity index (χ1) is 26.7. The SMILES string of the molecule is CN1c2cc3c(cc2C(CSOOO)=CC1(C)C)C(c1ccc(C(=O)ON2C(=O)CCC2=O)cc1C(=O)O)=c1cc2c(cc1O3)=[N+](C)C(C)(C)C=C2CS(=O)(=O)[O-]. The van der Waals surface area contributed by atoms with Gasteiger partial charge in [-0.3, -0.25) is 9.59 Å². The Bertz CT molecular complexity index is 2610. The smallest absolute Gasteiger partial charge is 0.363 e. The zero-order valence-corrected chi connectivity index (χ0v) is 33.2. The van der Waals surface area contributed by atoms with Crippen LogP contribution in [-0.2, 0) is 33.9 Å². The minimum absolute atomic E-state index is 0.131. The minimum Gasteiger partial charge on any atom is -0.748 e. The Morgan fingerprint density at radius 1 is 0.947 bits per heavy atom. The van der Waals surface area contributed by atoms with Gasteiger partial charge in [0.25, 0.3) is 11.8 Å². The number of hydrogen-bond acceptors (Lipinski definition) is 14. The third-order valence-electron chi connectivity index (χ3n) is 10.7. The molecule has 0 saturated carbocycles. The maximum Gasteiger partial charge on any atom is 0.363 e. The van der Waals surface area contributed by atoms with Crippen molar-refractivity contribution < 1.29 is 61.5 Å². The number of carbonyl (C=O) groups is 4. The fourth-order valence-electron chi connectivity index (χ4n) is 7.54. The molecule has 2 N–H and O–H groups in total. The fourth-order valence-corrected chi connectivity index (χ4v) is 8.62. The summed E-state index contributed by atoms with van der Waals surface area (Å²) >= 11 is 0.841. The quantitative estimate of drug-likeness (QED) is 0.0446. The molecule has 57 heavy (non-hydrogen) atoms. The van der Waals surface area contributed by atoms with Gasteiger partial charge < -0.3 is 24.1 Å². The first-order valence-electron chi connectivity index (χ1n) is 17.5. The van der Waals surface area contributed by atoms with E-state index < -0.39 is 50.7 Å². The molecule has 4 heterocycles. The van der Waals surface area contributed by atoms with E-state index in [0.717, 1.165) is 29.4 Å². The number of hydroxylamine groups is 2. The van der Waals surface area contributed by atoms with Crippen molar-refractivity contribution in [2.75, 3.05) is 30.5 Å². The predicted molar refractivity (Wildman–Crippen MR) is 205 cm³/mol. The van der Waals surface area contributed by atoms with Gasteiger partial charge in [-0.15, -0.1) is 9.40 Å². The summed E-state index contributed by atoms with van der Waals surface area (Å²) in [5, 5.41) is 24.6. The van der Waals surface area contributed by atoms with E-state index in [1.165, 1.54) is 12.1 Å². The minimum atomic E-state index is -4.75. The highest BCUT2D eigenvalue weighted by atomic mass is 32.2. The van der Waals surface area contributed by atoms with Gasteiger partial charge in [0.1, 0.15) is 18.5 Å². The molecule has 0 unspecified atom stereocenters. The lowest BCUT2D eigenvalue weighted by Crippen LogP contribution is -2.47. The number of aromatic carboxylic acids is 1. The van der Waals surface area contributed by atoms with Crippen molar-refractivity contribution in [3.05, 3.63) is 98.6 Å². The van der Waals surface area contributed by atoms with Gasteiger partial charge in [-0.1, -0.05) is 17.2 Å². The van der Waals surface area contributed by atoms with Crippen LogP contribution >= 0.6 is 12.0 Å². The van der Waals surface area contributed by atoms with Crippen LogP contribution in [0.1, 0.15) is 83.5 Å². The maximum atomic E-state index is 13.2. The van der Waals surface area contributed by atoms with E-state index >= 15 is 0 Å². The number of carboxylic acids is 1. The predicted octanol–water partition coefficient (Wildman–Crippen LogP) is 3.48. The van der Waals surface area contributed by atoms with Gasteiger partial charge in [0.15, 0.2) is 5.54 Å². The summed E-state index contributed by atoms with van der Waals surface area (Å²) in [5.41, 5.74) is 2.00. The molecular weight excluding hydrogens is 783 g/mol. The second-order valence-electron chi connectivity index (χ2n) is 15.1. The number of carbonyl (C=O) groups excluding carboxylic acids is 3. The Morgan fingerprint density at radius 2 is 1.65 bits per heavy atom. The van der Waals surface area contributed by atoms with Crippen LogP contribution in [0.3, 0.4) is 0 Å². The van der Waals surface area contributed by atoms with Crippen molar-refractivity contribution in [2.45, 2.75) is 51.6 Å². The zero-order chi connectivity index (χ0) is 41.4. The summed E-state index contributed by atoms with van der Waals surface area (Å²) in [7, 11) is -1.02. The maximum absolute atomic E-state index is 13.2. The average molecular weight is 820 g/mol. The first-order valence-corrected chi connectivity index (χ1v) is 20.0. The molecule has 1 fully saturated rings. The van der Waals surface area contributed by atoms with Gasteiger partial charge in [-0.25, -0.2) is 27.8 Å². The van der Waals surface area contributed by atoms with Gasteiger partial charge in [0, 0.05) is 85.2 Å². The average Bonchev–Trinajstić information content (AvgIpc) is 3.45. The lowest BCUT2D eigenvalue weighted by Gasteiger charge is -2.41. The molecule has 298 valence electrons. The number of rotatable bonds is 10. The number of imide groups is 1. The monoisotopic (exact) mass is 819 g/mol. The molecule has 7 rings (SSSR count). The van der Waals surface area contributed by atoms with Crippen molar-refractivity contribution in [3.8, 4) is 11.5 Å². The van der Waals surface area contributed by atoms with Crippen LogP contribution < -0.4 is 24.8 Å². The van der Waals surface area contributed by atoms with Gasteiger partial charge in [0.05, 0.1) is 44.2 Å². The molecule has 3 aromatic carbocycles. The van der Waals surface area contributed by atoms with Gasteiger partial charge in [-0.2, -0.15) is 0 Å². The highest BCUT2D eigenvalue weighted by Gasteiger charge is 2.38. The van der Waals surface area contributed by atoms with Crippen molar-refractivity contribution in [2.24, 2.45) is 0 Å². The molecule has 0 bridgehead atoms. The lowest BCUT2D eigenvalue weighted by atomic mass is 9.83. The summed E-state index contributed by atoms with van der Waals surface area (Å²) in [5.74, 6) is -3.89. The molecule has 1 saturated heterocycles. The van der Waals surface area contributed by atoms with Crippen LogP contribution in [0.25, 0.3) is 16.7 Å².